The average molecular weight is 439 g/mol. The summed E-state index contributed by atoms with van der Waals surface area (Å²) in [7, 11) is 0. The second-order valence-electron chi connectivity index (χ2n) is 7.92. The zero-order chi connectivity index (χ0) is 22.3. The fraction of sp³-hybridized carbons (Fsp3) is 0.318. The standard InChI is InChI=1S/C22H21N3O7/c1-22(10-13-2-4-16-17(8-13)32-12-31-16)20(27)25(21(28)24-22)11-19(26)23-14-3-5-15-18(9-14)30-7-6-29-15/h2-5,8-9H,6-7,10-12H2,1H3,(H,23,26)(H,24,28). The minimum atomic E-state index is -1.18. The number of amides is 4. The van der Waals surface area contributed by atoms with Crippen molar-refractivity contribution in [3.8, 4) is 23.0 Å². The maximum atomic E-state index is 13.0. The topological polar surface area (TPSA) is 115 Å². The highest BCUT2D eigenvalue weighted by Gasteiger charge is 2.48. The van der Waals surface area contributed by atoms with Gasteiger partial charge in [-0.25, -0.2) is 4.79 Å². The van der Waals surface area contributed by atoms with Gasteiger partial charge in [-0.1, -0.05) is 6.07 Å². The van der Waals surface area contributed by atoms with Gasteiger partial charge in [-0.15, -0.1) is 0 Å². The van der Waals surface area contributed by atoms with Gasteiger partial charge < -0.3 is 29.6 Å². The van der Waals surface area contributed by atoms with Crippen molar-refractivity contribution in [3.63, 3.8) is 0 Å². The van der Waals surface area contributed by atoms with E-state index in [2.05, 4.69) is 10.6 Å². The highest BCUT2D eigenvalue weighted by molar-refractivity contribution is 6.10. The van der Waals surface area contributed by atoms with Crippen LogP contribution in [0.1, 0.15) is 12.5 Å². The molecule has 3 heterocycles. The first-order valence-corrected chi connectivity index (χ1v) is 10.1. The van der Waals surface area contributed by atoms with E-state index in [1.807, 2.05) is 6.07 Å². The van der Waals surface area contributed by atoms with E-state index in [-0.39, 0.29) is 13.2 Å². The van der Waals surface area contributed by atoms with Crippen molar-refractivity contribution in [2.24, 2.45) is 0 Å². The van der Waals surface area contributed by atoms with Crippen LogP contribution in [0.25, 0.3) is 0 Å². The number of carbonyl (C=O) groups is 3. The first-order valence-electron chi connectivity index (χ1n) is 10.1. The molecule has 2 aromatic rings. The molecule has 10 nitrogen and oxygen atoms in total. The molecular formula is C22H21N3O7. The number of nitrogens with zero attached hydrogens (tertiary/aromatic N) is 1. The van der Waals surface area contributed by atoms with Crippen molar-refractivity contribution >= 4 is 23.5 Å². The summed E-state index contributed by atoms with van der Waals surface area (Å²) in [6, 6.07) is 9.75. The molecule has 1 saturated heterocycles. The number of carbonyl (C=O) groups excluding carboxylic acids is 3. The molecule has 0 aromatic heterocycles. The van der Waals surface area contributed by atoms with Crippen LogP contribution in [0.15, 0.2) is 36.4 Å². The monoisotopic (exact) mass is 439 g/mol. The van der Waals surface area contributed by atoms with Crippen LogP contribution in [-0.4, -0.2) is 54.8 Å². The van der Waals surface area contributed by atoms with E-state index < -0.39 is 29.9 Å². The molecule has 4 amide bonds. The maximum Gasteiger partial charge on any atom is 0.325 e. The van der Waals surface area contributed by atoms with Gasteiger partial charge >= 0.3 is 6.03 Å². The molecular weight excluding hydrogens is 418 g/mol. The largest absolute Gasteiger partial charge is 0.486 e. The number of nitrogens with one attached hydrogen (secondary N) is 2. The fourth-order valence-corrected chi connectivity index (χ4v) is 3.93. The third kappa shape index (κ3) is 3.64. The van der Waals surface area contributed by atoms with Crippen LogP contribution in [0.5, 0.6) is 23.0 Å². The van der Waals surface area contributed by atoms with E-state index in [9.17, 15) is 14.4 Å². The van der Waals surface area contributed by atoms with Crippen LogP contribution in [0.4, 0.5) is 10.5 Å². The van der Waals surface area contributed by atoms with Crippen molar-refractivity contribution in [1.82, 2.24) is 10.2 Å². The molecule has 2 aromatic carbocycles. The third-order valence-corrected chi connectivity index (χ3v) is 5.47. The summed E-state index contributed by atoms with van der Waals surface area (Å²) in [5, 5.41) is 5.39. The molecule has 1 atom stereocenters. The van der Waals surface area contributed by atoms with Crippen molar-refractivity contribution in [1.29, 1.82) is 0 Å². The fourth-order valence-electron chi connectivity index (χ4n) is 3.93. The molecule has 3 aliphatic rings. The van der Waals surface area contributed by atoms with Crippen molar-refractivity contribution < 1.29 is 33.3 Å². The molecule has 0 saturated carbocycles. The molecule has 166 valence electrons. The molecule has 0 spiro atoms. The molecule has 3 aliphatic heterocycles. The van der Waals surface area contributed by atoms with E-state index in [1.54, 1.807) is 37.3 Å². The van der Waals surface area contributed by atoms with Gasteiger partial charge in [0.05, 0.1) is 0 Å². The van der Waals surface area contributed by atoms with Gasteiger partial charge in [0.2, 0.25) is 12.7 Å². The maximum absolute atomic E-state index is 13.0. The van der Waals surface area contributed by atoms with Crippen LogP contribution in [-0.2, 0) is 16.0 Å². The Kier molecular flexibility index (Phi) is 4.76. The lowest BCUT2D eigenvalue weighted by atomic mass is 9.92. The smallest absolute Gasteiger partial charge is 0.325 e. The number of anilines is 1. The van der Waals surface area contributed by atoms with E-state index in [0.29, 0.717) is 41.9 Å². The summed E-state index contributed by atoms with van der Waals surface area (Å²) in [6.07, 6.45) is 0.245. The Hall–Kier alpha value is -3.95. The van der Waals surface area contributed by atoms with Crippen LogP contribution in [0, 0.1) is 0 Å². The molecule has 5 rings (SSSR count). The molecule has 0 bridgehead atoms. The quantitative estimate of drug-likeness (QED) is 0.681. The summed E-state index contributed by atoms with van der Waals surface area (Å²) in [5.74, 6) is 1.38. The van der Waals surface area contributed by atoms with Crippen molar-refractivity contribution in [2.75, 3.05) is 31.9 Å². The van der Waals surface area contributed by atoms with Gasteiger partial charge in [-0.3, -0.25) is 14.5 Å². The van der Waals surface area contributed by atoms with Crippen molar-refractivity contribution in [3.05, 3.63) is 42.0 Å². The molecule has 1 unspecified atom stereocenters. The zero-order valence-electron chi connectivity index (χ0n) is 17.3. The summed E-state index contributed by atoms with van der Waals surface area (Å²) in [6.45, 7) is 2.27. The minimum absolute atomic E-state index is 0.151. The first-order chi connectivity index (χ1) is 15.4. The minimum Gasteiger partial charge on any atom is -0.486 e. The van der Waals surface area contributed by atoms with Crippen LogP contribution in [0.3, 0.4) is 0 Å². The summed E-state index contributed by atoms with van der Waals surface area (Å²) in [4.78, 5) is 39.0. The number of fused-ring (bicyclic) bond motifs is 2. The van der Waals surface area contributed by atoms with E-state index >= 15 is 0 Å². The van der Waals surface area contributed by atoms with Gasteiger partial charge in [0.15, 0.2) is 23.0 Å². The second kappa shape index (κ2) is 7.63. The Morgan fingerprint density at radius 1 is 1.00 bits per heavy atom. The number of imide groups is 1. The van der Waals surface area contributed by atoms with Crippen molar-refractivity contribution in [2.45, 2.75) is 18.9 Å². The zero-order valence-corrected chi connectivity index (χ0v) is 17.3. The first kappa shape index (κ1) is 20.0. The average Bonchev–Trinajstić information content (AvgIpc) is 3.31. The molecule has 1 fully saturated rings. The van der Waals surface area contributed by atoms with Gasteiger partial charge in [-0.05, 0) is 36.8 Å². The Morgan fingerprint density at radius 3 is 2.53 bits per heavy atom. The third-order valence-electron chi connectivity index (χ3n) is 5.47. The summed E-state index contributed by atoms with van der Waals surface area (Å²) < 4.78 is 21.6. The number of hydrogen-bond donors (Lipinski definition) is 2. The number of benzene rings is 2. The Bertz CT molecular complexity index is 1120. The Balaban J connectivity index is 1.25. The molecule has 2 N–H and O–H groups in total. The van der Waals surface area contributed by atoms with Gasteiger partial charge in [0.25, 0.3) is 5.91 Å². The van der Waals surface area contributed by atoms with E-state index in [1.165, 1.54) is 0 Å². The highest BCUT2D eigenvalue weighted by Crippen LogP contribution is 2.35. The molecule has 32 heavy (non-hydrogen) atoms. The van der Waals surface area contributed by atoms with Gasteiger partial charge in [0.1, 0.15) is 25.3 Å². The SMILES string of the molecule is CC1(Cc2ccc3c(c2)OCO3)NC(=O)N(CC(=O)Nc2ccc3c(c2)OCCO3)C1=O. The number of urea groups is 1. The highest BCUT2D eigenvalue weighted by atomic mass is 16.7. The second-order valence-corrected chi connectivity index (χ2v) is 7.92. The lowest BCUT2D eigenvalue weighted by Gasteiger charge is -2.22. The molecule has 0 aliphatic carbocycles. The predicted octanol–water partition coefficient (Wildman–Crippen LogP) is 1.68. The van der Waals surface area contributed by atoms with Gasteiger partial charge in [0, 0.05) is 18.2 Å². The van der Waals surface area contributed by atoms with Crippen LogP contribution >= 0.6 is 0 Å². The van der Waals surface area contributed by atoms with E-state index in [4.69, 9.17) is 18.9 Å². The molecule has 0 radical (unpaired) electrons. The van der Waals surface area contributed by atoms with E-state index in [0.717, 1.165) is 10.5 Å². The molecule has 10 heteroatoms. The summed E-state index contributed by atoms with van der Waals surface area (Å²) >= 11 is 0. The lowest BCUT2D eigenvalue weighted by Crippen LogP contribution is -2.46. The number of hydrogen-bond acceptors (Lipinski definition) is 7. The number of rotatable bonds is 5. The lowest BCUT2D eigenvalue weighted by molar-refractivity contribution is -0.133. The summed E-state index contributed by atoms with van der Waals surface area (Å²) in [5.41, 5.74) is 0.101. The van der Waals surface area contributed by atoms with Crippen LogP contribution in [0.2, 0.25) is 0 Å². The normalized spacial score (nSPS) is 20.8. The van der Waals surface area contributed by atoms with Crippen LogP contribution < -0.4 is 29.6 Å². The van der Waals surface area contributed by atoms with Gasteiger partial charge in [-0.2, -0.15) is 0 Å². The predicted molar refractivity (Wildman–Crippen MR) is 111 cm³/mol. The Morgan fingerprint density at radius 2 is 1.69 bits per heavy atom. The number of ether oxygens (including phenoxy) is 4. The Labute approximate surface area is 183 Å².